The Bertz CT molecular complexity index is 676. The van der Waals surface area contributed by atoms with Crippen molar-refractivity contribution in [2.75, 3.05) is 26.2 Å². The first-order valence-corrected chi connectivity index (χ1v) is 8.23. The lowest BCUT2D eigenvalue weighted by atomic mass is 9.86. The van der Waals surface area contributed by atoms with Gasteiger partial charge in [-0.15, -0.1) is 0 Å². The van der Waals surface area contributed by atoms with Gasteiger partial charge in [-0.25, -0.2) is 0 Å². The number of nitro benzene ring substituents is 1. The van der Waals surface area contributed by atoms with Crippen molar-refractivity contribution in [1.82, 2.24) is 10.3 Å². The Balaban J connectivity index is 1.95. The predicted molar refractivity (Wildman–Crippen MR) is 89.5 cm³/mol. The molecule has 0 aliphatic carbocycles. The molecule has 3 rings (SSSR count). The molecule has 0 saturated carbocycles. The number of nitrogens with zero attached hydrogens (tertiary/aromatic N) is 3. The number of nitro groups is 1. The van der Waals surface area contributed by atoms with Gasteiger partial charge in [-0.3, -0.25) is 10.1 Å². The number of piperidine rings is 1. The van der Waals surface area contributed by atoms with Gasteiger partial charge in [0.15, 0.2) is 5.75 Å². The summed E-state index contributed by atoms with van der Waals surface area (Å²) < 4.78 is 5.38. The average molecular weight is 334 g/mol. The normalized spacial score (nSPS) is 23.3. The fourth-order valence-electron chi connectivity index (χ4n) is 3.40. The number of benzene rings is 1. The molecule has 130 valence electrons. The number of fused-ring (bicyclic) bond motifs is 1. The van der Waals surface area contributed by atoms with Crippen molar-refractivity contribution < 1.29 is 14.8 Å². The molecule has 1 aromatic carbocycles. The second-order valence-corrected chi connectivity index (χ2v) is 6.04. The van der Waals surface area contributed by atoms with E-state index < -0.39 is 10.7 Å². The zero-order valence-electron chi connectivity index (χ0n) is 13.9. The lowest BCUT2D eigenvalue weighted by molar-refractivity contribution is -0.386. The van der Waals surface area contributed by atoms with Crippen LogP contribution >= 0.6 is 0 Å². The Morgan fingerprint density at radius 1 is 1.50 bits per heavy atom. The van der Waals surface area contributed by atoms with Crippen molar-refractivity contribution >= 4 is 11.4 Å². The van der Waals surface area contributed by atoms with Crippen LogP contribution in [-0.4, -0.2) is 46.9 Å². The molecule has 0 amide bonds. The van der Waals surface area contributed by atoms with E-state index in [2.05, 4.69) is 22.4 Å². The van der Waals surface area contributed by atoms with E-state index in [0.717, 1.165) is 31.8 Å². The lowest BCUT2D eigenvalue weighted by Crippen LogP contribution is -2.41. The summed E-state index contributed by atoms with van der Waals surface area (Å²) in [6, 6.07) is 2.94. The van der Waals surface area contributed by atoms with Crippen LogP contribution in [0.25, 0.3) is 0 Å². The molecule has 2 unspecified atom stereocenters. The SMILES string of the molecule is CCOc1cc(C2NN=C3CCN(CC)CC32)cc([N+](=O)[O-])c1O. The standard InChI is InChI=1S/C16H22N4O4/c1-3-19-6-5-12-11(9-19)15(18-17-12)10-7-13(20(22)23)16(21)14(8-10)24-4-2/h7-8,11,15,18,21H,3-6,9H2,1-2H3. The number of hydrogen-bond acceptors (Lipinski definition) is 7. The number of ether oxygens (including phenoxy) is 1. The van der Waals surface area contributed by atoms with Crippen LogP contribution in [0.3, 0.4) is 0 Å². The van der Waals surface area contributed by atoms with E-state index in [1.54, 1.807) is 13.0 Å². The molecule has 0 radical (unpaired) electrons. The van der Waals surface area contributed by atoms with Crippen molar-refractivity contribution in [3.8, 4) is 11.5 Å². The average Bonchev–Trinajstić information content (AvgIpc) is 2.99. The second-order valence-electron chi connectivity index (χ2n) is 6.04. The van der Waals surface area contributed by atoms with Crippen LogP contribution in [0.15, 0.2) is 17.2 Å². The molecule has 24 heavy (non-hydrogen) atoms. The van der Waals surface area contributed by atoms with Gasteiger partial charge in [-0.2, -0.15) is 5.10 Å². The Labute approximate surface area is 140 Å². The van der Waals surface area contributed by atoms with Crippen LogP contribution in [0, 0.1) is 16.0 Å². The summed E-state index contributed by atoms with van der Waals surface area (Å²) in [5.74, 6) is -0.110. The predicted octanol–water partition coefficient (Wildman–Crippen LogP) is 2.04. The molecule has 0 aromatic heterocycles. The molecule has 2 aliphatic rings. The maximum atomic E-state index is 11.3. The summed E-state index contributed by atoms with van der Waals surface area (Å²) in [5.41, 5.74) is 4.60. The van der Waals surface area contributed by atoms with Gasteiger partial charge >= 0.3 is 5.69 Å². The van der Waals surface area contributed by atoms with Crippen molar-refractivity contribution in [1.29, 1.82) is 0 Å². The van der Waals surface area contributed by atoms with Crippen LogP contribution in [-0.2, 0) is 0 Å². The molecular formula is C16H22N4O4. The maximum absolute atomic E-state index is 11.3. The smallest absolute Gasteiger partial charge is 0.315 e. The van der Waals surface area contributed by atoms with E-state index in [1.165, 1.54) is 6.07 Å². The van der Waals surface area contributed by atoms with Crippen molar-refractivity contribution in [2.45, 2.75) is 26.3 Å². The van der Waals surface area contributed by atoms with Gasteiger partial charge in [0, 0.05) is 37.2 Å². The third kappa shape index (κ3) is 2.89. The van der Waals surface area contributed by atoms with E-state index in [-0.39, 0.29) is 23.4 Å². The monoisotopic (exact) mass is 334 g/mol. The quantitative estimate of drug-likeness (QED) is 0.631. The van der Waals surface area contributed by atoms with E-state index in [4.69, 9.17) is 4.74 Å². The zero-order valence-corrected chi connectivity index (χ0v) is 13.9. The number of phenols is 1. The number of phenolic OH excluding ortho intramolecular Hbond substituents is 1. The summed E-state index contributed by atoms with van der Waals surface area (Å²) in [6.07, 6.45) is 0.903. The summed E-state index contributed by atoms with van der Waals surface area (Å²) in [7, 11) is 0. The Kier molecular flexibility index (Phi) is 4.57. The molecule has 0 bridgehead atoms. The lowest BCUT2D eigenvalue weighted by Gasteiger charge is -2.32. The van der Waals surface area contributed by atoms with Crippen LogP contribution in [0.5, 0.6) is 11.5 Å². The van der Waals surface area contributed by atoms with Gasteiger partial charge in [0.2, 0.25) is 5.75 Å². The fraction of sp³-hybridized carbons (Fsp3) is 0.562. The van der Waals surface area contributed by atoms with Gasteiger partial charge in [-0.05, 0) is 25.1 Å². The first kappa shape index (κ1) is 16.5. The number of hydrogen-bond donors (Lipinski definition) is 2. The number of hydrazone groups is 1. The number of rotatable bonds is 5. The first-order chi connectivity index (χ1) is 11.5. The molecular weight excluding hydrogens is 312 g/mol. The van der Waals surface area contributed by atoms with Crippen molar-refractivity contribution in [3.05, 3.63) is 27.8 Å². The molecule has 2 aliphatic heterocycles. The molecule has 1 aromatic rings. The highest BCUT2D eigenvalue weighted by Crippen LogP contribution is 2.41. The fourth-order valence-corrected chi connectivity index (χ4v) is 3.40. The van der Waals surface area contributed by atoms with Gasteiger partial charge in [0.05, 0.1) is 17.6 Å². The number of nitrogens with one attached hydrogen (secondary N) is 1. The van der Waals surface area contributed by atoms with E-state index in [9.17, 15) is 15.2 Å². The van der Waals surface area contributed by atoms with Crippen LogP contribution in [0.4, 0.5) is 5.69 Å². The van der Waals surface area contributed by atoms with Gasteiger partial charge in [0.25, 0.3) is 0 Å². The van der Waals surface area contributed by atoms with Gasteiger partial charge in [-0.1, -0.05) is 6.92 Å². The van der Waals surface area contributed by atoms with Crippen LogP contribution in [0.2, 0.25) is 0 Å². The molecule has 2 N–H and O–H groups in total. The van der Waals surface area contributed by atoms with E-state index in [0.29, 0.717) is 12.2 Å². The van der Waals surface area contributed by atoms with E-state index in [1.807, 2.05) is 0 Å². The minimum atomic E-state index is -0.586. The Hall–Kier alpha value is -2.35. The molecule has 1 fully saturated rings. The van der Waals surface area contributed by atoms with Gasteiger partial charge < -0.3 is 20.2 Å². The van der Waals surface area contributed by atoms with Gasteiger partial charge in [0.1, 0.15) is 0 Å². The van der Waals surface area contributed by atoms with Crippen LogP contribution < -0.4 is 10.2 Å². The highest BCUT2D eigenvalue weighted by molar-refractivity contribution is 5.90. The highest BCUT2D eigenvalue weighted by atomic mass is 16.6. The number of likely N-dealkylation sites (tertiary alicyclic amines) is 1. The topological polar surface area (TPSA) is 100 Å². The second kappa shape index (κ2) is 6.64. The van der Waals surface area contributed by atoms with Crippen molar-refractivity contribution in [3.63, 3.8) is 0 Å². The summed E-state index contributed by atoms with van der Waals surface area (Å²) in [6.45, 7) is 7.04. The summed E-state index contributed by atoms with van der Waals surface area (Å²) in [4.78, 5) is 13.0. The largest absolute Gasteiger partial charge is 0.500 e. The Morgan fingerprint density at radius 2 is 2.29 bits per heavy atom. The molecule has 1 saturated heterocycles. The minimum absolute atomic E-state index is 0.139. The Morgan fingerprint density at radius 3 is 2.96 bits per heavy atom. The molecule has 8 heteroatoms. The maximum Gasteiger partial charge on any atom is 0.315 e. The molecule has 8 nitrogen and oxygen atoms in total. The zero-order chi connectivity index (χ0) is 17.3. The third-order valence-electron chi connectivity index (χ3n) is 4.70. The summed E-state index contributed by atoms with van der Waals surface area (Å²) in [5, 5.41) is 25.7. The van der Waals surface area contributed by atoms with E-state index >= 15 is 0 Å². The summed E-state index contributed by atoms with van der Waals surface area (Å²) >= 11 is 0. The minimum Gasteiger partial charge on any atom is -0.500 e. The molecule has 2 atom stereocenters. The third-order valence-corrected chi connectivity index (χ3v) is 4.70. The first-order valence-electron chi connectivity index (χ1n) is 8.23. The molecule has 2 heterocycles. The number of aromatic hydroxyl groups is 1. The highest BCUT2D eigenvalue weighted by Gasteiger charge is 2.38. The molecule has 0 spiro atoms. The van der Waals surface area contributed by atoms with Crippen LogP contribution in [0.1, 0.15) is 31.9 Å². The van der Waals surface area contributed by atoms with Crippen molar-refractivity contribution in [2.24, 2.45) is 11.0 Å².